The summed E-state index contributed by atoms with van der Waals surface area (Å²) in [5.41, 5.74) is 12.3. The number of nitrogen functional groups attached to an aromatic ring is 1. The SMILES string of the molecule is Cn1cc2cc(-c3cc(C4CC5(COC5)C4)c4c(N)c(SC5CCC5)sc4n3)cnc2n1. The topological polar surface area (TPSA) is 78.9 Å². The Morgan fingerprint density at radius 2 is 2.09 bits per heavy atom. The van der Waals surface area contributed by atoms with Gasteiger partial charge in [-0.2, -0.15) is 5.10 Å². The lowest BCUT2D eigenvalue weighted by atomic mass is 9.58. The van der Waals surface area contributed by atoms with Crippen LogP contribution in [-0.2, 0) is 11.8 Å². The zero-order valence-electron chi connectivity index (χ0n) is 18.0. The van der Waals surface area contributed by atoms with E-state index in [1.54, 1.807) is 11.3 Å². The van der Waals surface area contributed by atoms with E-state index in [9.17, 15) is 0 Å². The summed E-state index contributed by atoms with van der Waals surface area (Å²) in [5, 5.41) is 7.35. The molecule has 5 heterocycles. The quantitative estimate of drug-likeness (QED) is 0.439. The Morgan fingerprint density at radius 1 is 1.25 bits per heavy atom. The highest BCUT2D eigenvalue weighted by Gasteiger charge is 2.50. The van der Waals surface area contributed by atoms with E-state index in [0.717, 1.165) is 46.0 Å². The first kappa shape index (κ1) is 19.3. The van der Waals surface area contributed by atoms with Crippen molar-refractivity contribution in [2.75, 3.05) is 18.9 Å². The van der Waals surface area contributed by atoms with Gasteiger partial charge in [-0.15, -0.1) is 23.1 Å². The van der Waals surface area contributed by atoms with Crippen molar-refractivity contribution >= 4 is 50.0 Å². The number of pyridine rings is 2. The van der Waals surface area contributed by atoms with Gasteiger partial charge in [-0.05, 0) is 49.3 Å². The van der Waals surface area contributed by atoms with Crippen molar-refractivity contribution < 1.29 is 4.74 Å². The number of anilines is 1. The normalized spacial score (nSPS) is 20.5. The first-order valence-corrected chi connectivity index (χ1v) is 13.0. The van der Waals surface area contributed by atoms with Crippen molar-refractivity contribution in [2.24, 2.45) is 12.5 Å². The van der Waals surface area contributed by atoms with E-state index in [-0.39, 0.29) is 0 Å². The highest BCUT2D eigenvalue weighted by atomic mass is 32.2. The predicted molar refractivity (Wildman–Crippen MR) is 130 cm³/mol. The third-order valence-electron chi connectivity index (χ3n) is 7.41. The molecule has 2 N–H and O–H groups in total. The minimum Gasteiger partial charge on any atom is -0.397 e. The average molecular weight is 464 g/mol. The van der Waals surface area contributed by atoms with Crippen LogP contribution >= 0.6 is 23.1 Å². The molecule has 3 aliphatic rings. The molecule has 0 aromatic carbocycles. The molecule has 164 valence electrons. The average Bonchev–Trinajstić information content (AvgIpc) is 3.20. The molecule has 1 aliphatic heterocycles. The van der Waals surface area contributed by atoms with E-state index < -0.39 is 0 Å². The Balaban J connectivity index is 1.35. The first-order valence-electron chi connectivity index (χ1n) is 11.3. The van der Waals surface area contributed by atoms with Crippen LogP contribution < -0.4 is 5.73 Å². The second-order valence-electron chi connectivity index (χ2n) is 9.79. The molecule has 6 nitrogen and oxygen atoms in total. The van der Waals surface area contributed by atoms with Gasteiger partial charge in [-0.25, -0.2) is 9.97 Å². The Kier molecular flexibility index (Phi) is 4.18. The van der Waals surface area contributed by atoms with Gasteiger partial charge in [0.05, 0.1) is 28.8 Å². The lowest BCUT2D eigenvalue weighted by Gasteiger charge is -2.53. The number of aromatic nitrogens is 4. The number of thiophene rings is 1. The molecule has 1 saturated heterocycles. The van der Waals surface area contributed by atoms with Gasteiger partial charge in [-0.3, -0.25) is 4.68 Å². The molecule has 2 aliphatic carbocycles. The smallest absolute Gasteiger partial charge is 0.181 e. The molecule has 4 aromatic rings. The predicted octanol–water partition coefficient (Wildman–Crippen LogP) is 5.37. The molecular weight excluding hydrogens is 438 g/mol. The third-order valence-corrected chi connectivity index (χ3v) is 10.1. The maximum atomic E-state index is 6.77. The van der Waals surface area contributed by atoms with Gasteiger partial charge in [-0.1, -0.05) is 6.42 Å². The molecule has 0 radical (unpaired) electrons. The highest BCUT2D eigenvalue weighted by Crippen LogP contribution is 2.58. The molecule has 0 bridgehead atoms. The summed E-state index contributed by atoms with van der Waals surface area (Å²) in [5.74, 6) is 0.525. The summed E-state index contributed by atoms with van der Waals surface area (Å²) in [6.45, 7) is 1.82. The summed E-state index contributed by atoms with van der Waals surface area (Å²) < 4.78 is 8.58. The molecule has 2 saturated carbocycles. The molecule has 3 fully saturated rings. The number of rotatable bonds is 4. The fourth-order valence-electron chi connectivity index (χ4n) is 5.33. The number of aryl methyl sites for hydroxylation is 1. The Hall–Kier alpha value is -2.16. The second-order valence-corrected chi connectivity index (χ2v) is 12.4. The maximum Gasteiger partial charge on any atom is 0.181 e. The van der Waals surface area contributed by atoms with Gasteiger partial charge in [0, 0.05) is 46.4 Å². The largest absolute Gasteiger partial charge is 0.397 e. The van der Waals surface area contributed by atoms with Crippen LogP contribution in [-0.4, -0.2) is 38.2 Å². The first-order chi connectivity index (χ1) is 15.6. The van der Waals surface area contributed by atoms with Crippen molar-refractivity contribution in [1.29, 1.82) is 0 Å². The molecule has 1 spiro atoms. The van der Waals surface area contributed by atoms with Crippen molar-refractivity contribution in [3.05, 3.63) is 30.1 Å². The van der Waals surface area contributed by atoms with E-state index in [4.69, 9.17) is 15.5 Å². The Bertz CT molecular complexity index is 1360. The molecule has 8 heteroatoms. The van der Waals surface area contributed by atoms with Crippen LogP contribution in [0.3, 0.4) is 0 Å². The van der Waals surface area contributed by atoms with Gasteiger partial charge in [0.2, 0.25) is 0 Å². The van der Waals surface area contributed by atoms with Gasteiger partial charge in [0.15, 0.2) is 5.65 Å². The number of fused-ring (bicyclic) bond motifs is 2. The number of hydrogen-bond donors (Lipinski definition) is 1. The minimum atomic E-state index is 0.408. The molecule has 0 atom stereocenters. The standard InChI is InChI=1S/C24H25N5OS2/c1-29-10-14-5-13(9-26-21(14)28-29)18-6-17(15-7-24(8-15)11-30-12-24)19-20(25)23(32-22(19)27-18)31-16-3-2-4-16/h5-6,9-10,15-16H,2-4,7-8,11-12,25H2,1H3. The molecule has 7 rings (SSSR count). The lowest BCUT2D eigenvalue weighted by molar-refractivity contribution is -0.164. The molecular formula is C24H25N5OS2. The minimum absolute atomic E-state index is 0.408. The van der Waals surface area contributed by atoms with Crippen LogP contribution in [0, 0.1) is 5.41 Å². The summed E-state index contributed by atoms with van der Waals surface area (Å²) >= 11 is 3.73. The van der Waals surface area contributed by atoms with E-state index >= 15 is 0 Å². The van der Waals surface area contributed by atoms with E-state index in [2.05, 4.69) is 22.2 Å². The second kappa shape index (κ2) is 6.92. The van der Waals surface area contributed by atoms with Crippen molar-refractivity contribution in [2.45, 2.75) is 47.5 Å². The summed E-state index contributed by atoms with van der Waals surface area (Å²) in [4.78, 5) is 10.7. The van der Waals surface area contributed by atoms with E-state index in [1.165, 1.54) is 47.3 Å². The summed E-state index contributed by atoms with van der Waals surface area (Å²) in [7, 11) is 1.93. The molecule has 0 amide bonds. The van der Waals surface area contributed by atoms with Gasteiger partial charge >= 0.3 is 0 Å². The fraction of sp³-hybridized carbons (Fsp3) is 0.458. The molecule has 32 heavy (non-hydrogen) atoms. The van der Waals surface area contributed by atoms with Crippen molar-refractivity contribution in [3.8, 4) is 11.3 Å². The zero-order chi connectivity index (χ0) is 21.4. The van der Waals surface area contributed by atoms with E-state index in [0.29, 0.717) is 16.6 Å². The summed E-state index contributed by atoms with van der Waals surface area (Å²) in [6.07, 6.45) is 10.2. The highest BCUT2D eigenvalue weighted by molar-refractivity contribution is 8.02. The van der Waals surface area contributed by atoms with Crippen molar-refractivity contribution in [1.82, 2.24) is 19.7 Å². The van der Waals surface area contributed by atoms with Crippen LogP contribution in [0.15, 0.2) is 28.7 Å². The Labute approximate surface area is 194 Å². The van der Waals surface area contributed by atoms with Gasteiger partial charge in [0.1, 0.15) is 4.83 Å². The monoisotopic (exact) mass is 463 g/mol. The van der Waals surface area contributed by atoms with Crippen LogP contribution in [0.2, 0.25) is 0 Å². The van der Waals surface area contributed by atoms with Crippen LogP contribution in [0.25, 0.3) is 32.5 Å². The Morgan fingerprint density at radius 3 is 2.81 bits per heavy atom. The van der Waals surface area contributed by atoms with E-state index in [1.807, 2.05) is 35.9 Å². The fourth-order valence-corrected chi connectivity index (χ4v) is 8.13. The summed E-state index contributed by atoms with van der Waals surface area (Å²) in [6, 6.07) is 4.43. The number of nitrogens with two attached hydrogens (primary N) is 1. The maximum absolute atomic E-state index is 6.77. The zero-order valence-corrected chi connectivity index (χ0v) is 19.6. The van der Waals surface area contributed by atoms with Crippen LogP contribution in [0.1, 0.15) is 43.6 Å². The lowest BCUT2D eigenvalue weighted by Crippen LogP contribution is -2.51. The third kappa shape index (κ3) is 2.92. The van der Waals surface area contributed by atoms with Crippen LogP contribution in [0.4, 0.5) is 5.69 Å². The van der Waals surface area contributed by atoms with Crippen LogP contribution in [0.5, 0.6) is 0 Å². The van der Waals surface area contributed by atoms with Gasteiger partial charge < -0.3 is 10.5 Å². The van der Waals surface area contributed by atoms with Gasteiger partial charge in [0.25, 0.3) is 0 Å². The molecule has 0 unspecified atom stereocenters. The number of thioether (sulfide) groups is 1. The number of ether oxygens (including phenoxy) is 1. The number of nitrogens with zero attached hydrogens (tertiary/aromatic N) is 4. The number of hydrogen-bond acceptors (Lipinski definition) is 7. The van der Waals surface area contributed by atoms with Crippen molar-refractivity contribution in [3.63, 3.8) is 0 Å². The molecule has 4 aromatic heterocycles.